The van der Waals surface area contributed by atoms with Crippen LogP contribution in [0.3, 0.4) is 0 Å². The first-order chi connectivity index (χ1) is 14.9. The molecule has 162 valence electrons. The van der Waals surface area contributed by atoms with Crippen LogP contribution in [0.1, 0.15) is 0 Å². The summed E-state index contributed by atoms with van der Waals surface area (Å²) >= 11 is 12.1. The summed E-state index contributed by atoms with van der Waals surface area (Å²) in [7, 11) is -4.03. The third kappa shape index (κ3) is 6.37. The van der Waals surface area contributed by atoms with Gasteiger partial charge in [0.1, 0.15) is 18.9 Å². The average molecular weight is 479 g/mol. The highest BCUT2D eigenvalue weighted by atomic mass is 35.5. The maximum atomic E-state index is 13.2. The van der Waals surface area contributed by atoms with Crippen molar-refractivity contribution in [2.75, 3.05) is 24.0 Å². The van der Waals surface area contributed by atoms with E-state index in [-0.39, 0.29) is 33.8 Å². The molecule has 0 aliphatic heterocycles. The smallest absolute Gasteiger partial charge is 0.264 e. The standard InChI is InChI=1S/C22H20Cl2N2O4S/c23-17-13-18(24)15-19(14-17)26(31(28,29)21-9-5-2-6-10-21)16-22(27)25-11-12-30-20-7-3-1-4-8-20/h1-10,13-15H,11-12,16H2,(H,25,27). The molecular formula is C22H20Cl2N2O4S. The number of nitrogens with zero attached hydrogens (tertiary/aromatic N) is 1. The highest BCUT2D eigenvalue weighted by molar-refractivity contribution is 7.92. The molecule has 6 nitrogen and oxygen atoms in total. The lowest BCUT2D eigenvalue weighted by Gasteiger charge is -2.24. The second kappa shape index (κ2) is 10.5. The lowest BCUT2D eigenvalue weighted by atomic mass is 10.3. The Morgan fingerprint density at radius 3 is 2.10 bits per heavy atom. The van der Waals surface area contributed by atoms with Gasteiger partial charge in [0.05, 0.1) is 17.1 Å². The lowest BCUT2D eigenvalue weighted by molar-refractivity contribution is -0.119. The number of sulfonamides is 1. The van der Waals surface area contributed by atoms with Crippen molar-refractivity contribution in [3.05, 3.63) is 88.9 Å². The van der Waals surface area contributed by atoms with Crippen molar-refractivity contribution in [1.29, 1.82) is 0 Å². The van der Waals surface area contributed by atoms with Gasteiger partial charge in [-0.25, -0.2) is 8.42 Å². The number of halogens is 2. The minimum atomic E-state index is -4.03. The van der Waals surface area contributed by atoms with E-state index < -0.39 is 22.5 Å². The van der Waals surface area contributed by atoms with Gasteiger partial charge in [0.15, 0.2) is 0 Å². The number of nitrogens with one attached hydrogen (secondary N) is 1. The van der Waals surface area contributed by atoms with E-state index in [0.717, 1.165) is 4.31 Å². The van der Waals surface area contributed by atoms with Gasteiger partial charge in [-0.15, -0.1) is 0 Å². The van der Waals surface area contributed by atoms with Crippen molar-refractivity contribution in [2.24, 2.45) is 0 Å². The first-order valence-electron chi connectivity index (χ1n) is 9.35. The van der Waals surface area contributed by atoms with Gasteiger partial charge in [-0.05, 0) is 42.5 Å². The summed E-state index contributed by atoms with van der Waals surface area (Å²) < 4.78 is 33.0. The van der Waals surface area contributed by atoms with Crippen molar-refractivity contribution < 1.29 is 17.9 Å². The van der Waals surface area contributed by atoms with Crippen LogP contribution in [0.4, 0.5) is 5.69 Å². The Hall–Kier alpha value is -2.74. The zero-order valence-electron chi connectivity index (χ0n) is 16.4. The fourth-order valence-electron chi connectivity index (χ4n) is 2.78. The Morgan fingerprint density at radius 1 is 0.903 bits per heavy atom. The normalized spacial score (nSPS) is 11.0. The molecule has 9 heteroatoms. The Morgan fingerprint density at radius 2 is 1.48 bits per heavy atom. The van der Waals surface area contributed by atoms with Crippen LogP contribution in [0.25, 0.3) is 0 Å². The predicted octanol–water partition coefficient (Wildman–Crippen LogP) is 4.38. The van der Waals surface area contributed by atoms with Crippen LogP contribution in [-0.2, 0) is 14.8 Å². The Balaban J connectivity index is 1.74. The van der Waals surface area contributed by atoms with Gasteiger partial charge >= 0.3 is 0 Å². The van der Waals surface area contributed by atoms with Gasteiger partial charge in [0.2, 0.25) is 5.91 Å². The second-order valence-corrected chi connectivity index (χ2v) is 9.20. The van der Waals surface area contributed by atoms with E-state index in [0.29, 0.717) is 5.75 Å². The molecule has 0 fully saturated rings. The molecular weight excluding hydrogens is 459 g/mol. The van der Waals surface area contributed by atoms with Gasteiger partial charge in [0.25, 0.3) is 10.0 Å². The largest absolute Gasteiger partial charge is 0.492 e. The quantitative estimate of drug-likeness (QED) is 0.462. The molecule has 0 saturated carbocycles. The van der Waals surface area contributed by atoms with E-state index in [1.54, 1.807) is 30.3 Å². The fourth-order valence-corrected chi connectivity index (χ4v) is 4.72. The molecule has 0 bridgehead atoms. The number of rotatable bonds is 9. The van der Waals surface area contributed by atoms with Crippen molar-refractivity contribution in [3.8, 4) is 5.75 Å². The SMILES string of the molecule is O=C(CN(c1cc(Cl)cc(Cl)c1)S(=O)(=O)c1ccccc1)NCCOc1ccccc1. The third-order valence-corrected chi connectivity index (χ3v) is 6.41. The molecule has 1 amide bonds. The summed E-state index contributed by atoms with van der Waals surface area (Å²) in [6.07, 6.45) is 0. The van der Waals surface area contributed by atoms with Crippen LogP contribution in [0.5, 0.6) is 5.75 Å². The van der Waals surface area contributed by atoms with Crippen LogP contribution in [0, 0.1) is 0 Å². The van der Waals surface area contributed by atoms with E-state index in [9.17, 15) is 13.2 Å². The maximum Gasteiger partial charge on any atom is 0.264 e. The molecule has 0 aliphatic rings. The molecule has 0 unspecified atom stereocenters. The number of para-hydroxylation sites is 1. The highest BCUT2D eigenvalue weighted by Crippen LogP contribution is 2.29. The highest BCUT2D eigenvalue weighted by Gasteiger charge is 2.27. The first kappa shape index (κ1) is 22.9. The zero-order valence-corrected chi connectivity index (χ0v) is 18.7. The summed E-state index contributed by atoms with van der Waals surface area (Å²) in [4.78, 5) is 12.6. The van der Waals surface area contributed by atoms with Crippen LogP contribution >= 0.6 is 23.2 Å². The number of amides is 1. The van der Waals surface area contributed by atoms with E-state index >= 15 is 0 Å². The van der Waals surface area contributed by atoms with Crippen molar-refractivity contribution in [3.63, 3.8) is 0 Å². The van der Waals surface area contributed by atoms with Crippen molar-refractivity contribution in [1.82, 2.24) is 5.32 Å². The molecule has 3 aromatic rings. The number of ether oxygens (including phenoxy) is 1. The maximum absolute atomic E-state index is 13.2. The minimum absolute atomic E-state index is 0.0475. The monoisotopic (exact) mass is 478 g/mol. The number of carbonyl (C=O) groups is 1. The molecule has 0 radical (unpaired) electrons. The molecule has 0 heterocycles. The van der Waals surface area contributed by atoms with Crippen LogP contribution in [-0.4, -0.2) is 34.0 Å². The Labute approximate surface area is 191 Å². The van der Waals surface area contributed by atoms with Crippen LogP contribution in [0.2, 0.25) is 10.0 Å². The average Bonchev–Trinajstić information content (AvgIpc) is 2.75. The summed E-state index contributed by atoms with van der Waals surface area (Å²) in [5, 5.41) is 3.18. The number of hydrogen-bond donors (Lipinski definition) is 1. The molecule has 0 atom stereocenters. The minimum Gasteiger partial charge on any atom is -0.492 e. The van der Waals surface area contributed by atoms with Gasteiger partial charge in [-0.3, -0.25) is 9.10 Å². The third-order valence-electron chi connectivity index (χ3n) is 4.19. The van der Waals surface area contributed by atoms with E-state index in [1.807, 2.05) is 18.2 Å². The molecule has 0 spiro atoms. The lowest BCUT2D eigenvalue weighted by Crippen LogP contribution is -2.42. The van der Waals surface area contributed by atoms with Crippen molar-refractivity contribution >= 4 is 44.8 Å². The topological polar surface area (TPSA) is 75.7 Å². The number of carbonyl (C=O) groups excluding carboxylic acids is 1. The number of benzene rings is 3. The van der Waals surface area contributed by atoms with Gasteiger partial charge < -0.3 is 10.1 Å². The molecule has 0 aromatic heterocycles. The molecule has 0 aliphatic carbocycles. The second-order valence-electron chi connectivity index (χ2n) is 6.46. The van der Waals surface area contributed by atoms with Crippen LogP contribution in [0.15, 0.2) is 83.8 Å². The van der Waals surface area contributed by atoms with Crippen LogP contribution < -0.4 is 14.4 Å². The fraction of sp³-hybridized carbons (Fsp3) is 0.136. The van der Waals surface area contributed by atoms with E-state index in [4.69, 9.17) is 27.9 Å². The van der Waals surface area contributed by atoms with Gasteiger partial charge in [0, 0.05) is 10.0 Å². The molecule has 3 aromatic carbocycles. The predicted molar refractivity (Wildman–Crippen MR) is 122 cm³/mol. The van der Waals surface area contributed by atoms with E-state index in [2.05, 4.69) is 5.32 Å². The first-order valence-corrected chi connectivity index (χ1v) is 11.5. The van der Waals surface area contributed by atoms with Gasteiger partial charge in [-0.1, -0.05) is 59.6 Å². The number of anilines is 1. The summed E-state index contributed by atoms with van der Waals surface area (Å²) in [6, 6.07) is 21.4. The summed E-state index contributed by atoms with van der Waals surface area (Å²) in [6.45, 7) is 0.00662. The molecule has 3 rings (SSSR count). The zero-order chi connectivity index (χ0) is 22.3. The molecule has 31 heavy (non-hydrogen) atoms. The molecule has 0 saturated heterocycles. The Bertz CT molecular complexity index is 1110. The Kier molecular flexibility index (Phi) is 7.79. The summed E-state index contributed by atoms with van der Waals surface area (Å²) in [5.41, 5.74) is 0.192. The number of hydrogen-bond acceptors (Lipinski definition) is 4. The summed E-state index contributed by atoms with van der Waals surface area (Å²) in [5.74, 6) is 0.186. The van der Waals surface area contributed by atoms with Gasteiger partial charge in [-0.2, -0.15) is 0 Å². The molecule has 1 N–H and O–H groups in total. The van der Waals surface area contributed by atoms with Crippen molar-refractivity contribution in [2.45, 2.75) is 4.90 Å². The van der Waals surface area contributed by atoms with E-state index in [1.165, 1.54) is 30.3 Å².